The number of nitrogens with one attached hydrogen (secondary N) is 1. The molecule has 2 heterocycles. The second-order valence-electron chi connectivity index (χ2n) is 7.20. The van der Waals surface area contributed by atoms with Crippen LogP contribution in [0.3, 0.4) is 0 Å². The lowest BCUT2D eigenvalue weighted by molar-refractivity contribution is -0.116. The molecule has 2 aromatic heterocycles. The molecule has 3 rings (SSSR count). The molecule has 1 aromatic carbocycles. The van der Waals surface area contributed by atoms with E-state index in [1.807, 2.05) is 32.4 Å². The van der Waals surface area contributed by atoms with Crippen LogP contribution in [0.4, 0.5) is 5.69 Å². The van der Waals surface area contributed by atoms with Crippen LogP contribution >= 0.6 is 11.6 Å². The van der Waals surface area contributed by atoms with Crippen LogP contribution in [-0.2, 0) is 17.9 Å². The van der Waals surface area contributed by atoms with Gasteiger partial charge in [-0.3, -0.25) is 14.2 Å². The van der Waals surface area contributed by atoms with E-state index in [2.05, 4.69) is 46.7 Å². The van der Waals surface area contributed by atoms with E-state index >= 15 is 0 Å². The molecule has 1 N–H and O–H groups in total. The van der Waals surface area contributed by atoms with E-state index in [0.717, 1.165) is 28.5 Å². The van der Waals surface area contributed by atoms with Crippen molar-refractivity contribution in [3.63, 3.8) is 0 Å². The Morgan fingerprint density at radius 2 is 1.61 bits per heavy atom. The van der Waals surface area contributed by atoms with Crippen molar-refractivity contribution in [2.75, 3.05) is 5.32 Å². The van der Waals surface area contributed by atoms with Crippen molar-refractivity contribution in [1.82, 2.24) is 19.6 Å². The first-order valence-electron chi connectivity index (χ1n) is 9.35. The van der Waals surface area contributed by atoms with Crippen LogP contribution < -0.4 is 5.32 Å². The van der Waals surface area contributed by atoms with Crippen molar-refractivity contribution in [3.05, 3.63) is 63.2 Å². The lowest BCUT2D eigenvalue weighted by atomic mass is 10.1. The first-order chi connectivity index (χ1) is 13.3. The summed E-state index contributed by atoms with van der Waals surface area (Å²) in [4.78, 5) is 12.5. The van der Waals surface area contributed by atoms with Gasteiger partial charge in [0, 0.05) is 6.42 Å². The molecule has 0 fully saturated rings. The summed E-state index contributed by atoms with van der Waals surface area (Å²) in [6, 6.07) is 8.39. The number of hydrogen-bond acceptors (Lipinski definition) is 3. The monoisotopic (exact) mass is 399 g/mol. The molecule has 0 spiro atoms. The third-order valence-electron chi connectivity index (χ3n) is 4.94. The molecule has 0 atom stereocenters. The molecule has 6 nitrogen and oxygen atoms in total. The minimum atomic E-state index is -0.0650. The van der Waals surface area contributed by atoms with Crippen molar-refractivity contribution in [2.24, 2.45) is 0 Å². The first kappa shape index (κ1) is 20.1. The first-order valence-corrected chi connectivity index (χ1v) is 9.73. The number of carbonyl (C=O) groups excluding carboxylic acids is 1. The topological polar surface area (TPSA) is 64.7 Å². The molecule has 0 saturated carbocycles. The molecule has 0 bridgehead atoms. The zero-order valence-electron chi connectivity index (χ0n) is 17.0. The minimum absolute atomic E-state index is 0.0650. The average Bonchev–Trinajstić information content (AvgIpc) is 3.06. The summed E-state index contributed by atoms with van der Waals surface area (Å²) in [6.45, 7) is 10.9. The Labute approximate surface area is 170 Å². The highest BCUT2D eigenvalue weighted by molar-refractivity contribution is 6.31. The third-order valence-corrected chi connectivity index (χ3v) is 5.49. The number of hydrogen-bond donors (Lipinski definition) is 1. The Bertz CT molecular complexity index is 1000. The summed E-state index contributed by atoms with van der Waals surface area (Å²) in [5, 5.41) is 12.6. The smallest absolute Gasteiger partial charge is 0.226 e. The van der Waals surface area contributed by atoms with Gasteiger partial charge in [0.1, 0.15) is 0 Å². The fourth-order valence-corrected chi connectivity index (χ4v) is 3.34. The van der Waals surface area contributed by atoms with Crippen molar-refractivity contribution < 1.29 is 4.79 Å². The Morgan fingerprint density at radius 1 is 0.964 bits per heavy atom. The predicted octanol–water partition coefficient (Wildman–Crippen LogP) is 4.35. The SMILES string of the molecule is Cc1ccc(Cn2nc(C)c(NC(=O)CCn3nc(C)c(Cl)c3C)c2C)cc1. The van der Waals surface area contributed by atoms with Crippen LogP contribution in [0, 0.1) is 34.6 Å². The molecule has 0 radical (unpaired) electrons. The van der Waals surface area contributed by atoms with Gasteiger partial charge < -0.3 is 5.32 Å². The second kappa shape index (κ2) is 8.19. The number of halogens is 1. The number of nitrogens with zero attached hydrogens (tertiary/aromatic N) is 4. The lowest BCUT2D eigenvalue weighted by Crippen LogP contribution is -2.16. The average molecular weight is 400 g/mol. The number of amides is 1. The number of aromatic nitrogens is 4. The molecule has 1 amide bonds. The van der Waals surface area contributed by atoms with E-state index in [1.54, 1.807) is 4.68 Å². The number of rotatable bonds is 6. The van der Waals surface area contributed by atoms with Gasteiger partial charge in [-0.15, -0.1) is 0 Å². The van der Waals surface area contributed by atoms with E-state index < -0.39 is 0 Å². The number of benzene rings is 1. The van der Waals surface area contributed by atoms with Gasteiger partial charge in [0.25, 0.3) is 0 Å². The van der Waals surface area contributed by atoms with E-state index in [4.69, 9.17) is 11.6 Å². The van der Waals surface area contributed by atoms with Crippen LogP contribution in [0.2, 0.25) is 5.02 Å². The van der Waals surface area contributed by atoms with Gasteiger partial charge >= 0.3 is 0 Å². The van der Waals surface area contributed by atoms with E-state index in [1.165, 1.54) is 11.1 Å². The fourth-order valence-electron chi connectivity index (χ4n) is 3.20. The molecule has 0 aliphatic rings. The minimum Gasteiger partial charge on any atom is -0.323 e. The summed E-state index contributed by atoms with van der Waals surface area (Å²) >= 11 is 6.17. The van der Waals surface area contributed by atoms with Crippen molar-refractivity contribution >= 4 is 23.2 Å². The molecule has 148 valence electrons. The van der Waals surface area contributed by atoms with E-state index in [-0.39, 0.29) is 5.91 Å². The van der Waals surface area contributed by atoms with E-state index in [9.17, 15) is 4.79 Å². The van der Waals surface area contributed by atoms with Gasteiger partial charge in [-0.05, 0) is 40.2 Å². The third kappa shape index (κ3) is 4.28. The zero-order chi connectivity index (χ0) is 20.4. The van der Waals surface area contributed by atoms with Gasteiger partial charge in [-0.25, -0.2) is 0 Å². The number of aryl methyl sites for hydroxylation is 4. The van der Waals surface area contributed by atoms with Gasteiger partial charge in [-0.1, -0.05) is 41.4 Å². The molecule has 3 aromatic rings. The van der Waals surface area contributed by atoms with Crippen LogP contribution in [0.15, 0.2) is 24.3 Å². The summed E-state index contributed by atoms with van der Waals surface area (Å²) in [5.74, 6) is -0.0650. The van der Waals surface area contributed by atoms with E-state index in [0.29, 0.717) is 24.5 Å². The quantitative estimate of drug-likeness (QED) is 0.670. The Hall–Kier alpha value is -2.60. The van der Waals surface area contributed by atoms with Crippen molar-refractivity contribution in [2.45, 2.75) is 54.1 Å². The van der Waals surface area contributed by atoms with Gasteiger partial charge in [0.05, 0.1) is 46.6 Å². The van der Waals surface area contributed by atoms with Gasteiger partial charge in [0.2, 0.25) is 5.91 Å². The van der Waals surface area contributed by atoms with Crippen LogP contribution in [0.1, 0.15) is 40.3 Å². The maximum Gasteiger partial charge on any atom is 0.226 e. The molecule has 0 aliphatic carbocycles. The van der Waals surface area contributed by atoms with Crippen molar-refractivity contribution in [3.8, 4) is 0 Å². The number of anilines is 1. The Balaban J connectivity index is 1.66. The summed E-state index contributed by atoms with van der Waals surface area (Å²) in [6.07, 6.45) is 0.320. The second-order valence-corrected chi connectivity index (χ2v) is 7.57. The van der Waals surface area contributed by atoms with Crippen LogP contribution in [0.25, 0.3) is 0 Å². The molecule has 0 aliphatic heterocycles. The predicted molar refractivity (Wildman–Crippen MR) is 112 cm³/mol. The molecular formula is C21H26ClN5O. The molecule has 0 unspecified atom stereocenters. The maximum atomic E-state index is 12.5. The van der Waals surface area contributed by atoms with Crippen LogP contribution in [0.5, 0.6) is 0 Å². The molecule has 7 heteroatoms. The van der Waals surface area contributed by atoms with Crippen molar-refractivity contribution in [1.29, 1.82) is 0 Å². The standard InChI is InChI=1S/C21H26ClN5O/c1-13-6-8-18(9-7-13)12-27-17(5)21(15(3)25-27)23-19(28)10-11-26-16(4)20(22)14(2)24-26/h6-9H,10-12H2,1-5H3,(H,23,28). The zero-order valence-corrected chi connectivity index (χ0v) is 17.8. The van der Waals surface area contributed by atoms with Crippen LogP contribution in [-0.4, -0.2) is 25.5 Å². The normalized spacial score (nSPS) is 11.1. The van der Waals surface area contributed by atoms with Gasteiger partial charge in [0.15, 0.2) is 0 Å². The highest BCUT2D eigenvalue weighted by Gasteiger charge is 2.15. The largest absolute Gasteiger partial charge is 0.323 e. The highest BCUT2D eigenvalue weighted by Crippen LogP contribution is 2.22. The van der Waals surface area contributed by atoms with Gasteiger partial charge in [-0.2, -0.15) is 10.2 Å². The summed E-state index contributed by atoms with van der Waals surface area (Å²) in [7, 11) is 0. The Morgan fingerprint density at radius 3 is 2.21 bits per heavy atom. The maximum absolute atomic E-state index is 12.5. The summed E-state index contributed by atoms with van der Waals surface area (Å²) in [5.41, 5.74) is 6.61. The molecule has 28 heavy (non-hydrogen) atoms. The Kier molecular flexibility index (Phi) is 5.89. The fraction of sp³-hybridized carbons (Fsp3) is 0.381. The highest BCUT2D eigenvalue weighted by atomic mass is 35.5. The molecular weight excluding hydrogens is 374 g/mol. The summed E-state index contributed by atoms with van der Waals surface area (Å²) < 4.78 is 3.70. The lowest BCUT2D eigenvalue weighted by Gasteiger charge is -2.08. The number of carbonyl (C=O) groups is 1. The molecule has 0 saturated heterocycles.